The van der Waals surface area contributed by atoms with E-state index in [1.54, 1.807) is 32.9 Å². The molecule has 0 bridgehead atoms. The van der Waals surface area contributed by atoms with Gasteiger partial charge in [-0.25, -0.2) is 23.5 Å². The predicted molar refractivity (Wildman–Crippen MR) is 131 cm³/mol. The van der Waals surface area contributed by atoms with E-state index in [1.165, 1.54) is 23.0 Å². The molecule has 3 aromatic rings. The highest BCUT2D eigenvalue weighted by Gasteiger charge is 2.30. The number of alkyl carbamates (subject to hydrolysis) is 1. The topological polar surface area (TPSA) is 122 Å². The zero-order valence-corrected chi connectivity index (χ0v) is 20.9. The third-order valence-electron chi connectivity index (χ3n) is 6.02. The van der Waals surface area contributed by atoms with E-state index in [-0.39, 0.29) is 17.8 Å². The fourth-order valence-electron chi connectivity index (χ4n) is 4.44. The van der Waals surface area contributed by atoms with Gasteiger partial charge in [-0.15, -0.1) is 5.10 Å². The first-order chi connectivity index (χ1) is 17.0. The Hall–Kier alpha value is -3.76. The van der Waals surface area contributed by atoms with Crippen LogP contribution in [0.2, 0.25) is 0 Å². The monoisotopic (exact) mass is 498 g/mol. The van der Waals surface area contributed by atoms with Gasteiger partial charge >= 0.3 is 12.1 Å². The second kappa shape index (κ2) is 10.1. The van der Waals surface area contributed by atoms with Gasteiger partial charge in [-0.05, 0) is 77.1 Å². The molecule has 0 saturated carbocycles. The van der Waals surface area contributed by atoms with E-state index in [9.17, 15) is 19.1 Å². The number of nitrogens with zero attached hydrogens (tertiary/aromatic N) is 5. The Kier molecular flexibility index (Phi) is 7.09. The highest BCUT2D eigenvalue weighted by Crippen LogP contribution is 2.37. The molecule has 4 heterocycles. The van der Waals surface area contributed by atoms with Crippen LogP contribution in [0.4, 0.5) is 15.0 Å². The molecule has 36 heavy (non-hydrogen) atoms. The number of carbonyl (C=O) groups excluding carboxylic acids is 1. The third kappa shape index (κ3) is 5.72. The fraction of sp³-hybridized carbons (Fsp3) is 0.480. The Balaban J connectivity index is 1.54. The molecule has 192 valence electrons. The summed E-state index contributed by atoms with van der Waals surface area (Å²) in [6.07, 6.45) is 4.78. The van der Waals surface area contributed by atoms with Gasteiger partial charge in [0, 0.05) is 18.3 Å². The number of fused-ring (bicyclic) bond motifs is 1. The Morgan fingerprint density at radius 1 is 1.28 bits per heavy atom. The van der Waals surface area contributed by atoms with Gasteiger partial charge in [-0.3, -0.25) is 4.98 Å². The Morgan fingerprint density at radius 3 is 2.78 bits per heavy atom. The molecule has 11 heteroatoms. The van der Waals surface area contributed by atoms with Crippen molar-refractivity contribution >= 4 is 23.5 Å². The molecular formula is C25H31FN6O4. The van der Waals surface area contributed by atoms with Crippen LogP contribution in [0.1, 0.15) is 74.7 Å². The number of aromatic carboxylic acids is 1. The molecule has 2 N–H and O–H groups in total. The van der Waals surface area contributed by atoms with Crippen LogP contribution in [0.5, 0.6) is 0 Å². The molecule has 0 aliphatic carbocycles. The lowest BCUT2D eigenvalue weighted by Crippen LogP contribution is -2.38. The SMILES string of the molecule is C[C@H](CCc1ncc(F)cc1C1CCCN1c1ccc2ncc(C(=O)O)n2n1)NC(=O)OC(C)(C)C. The minimum Gasteiger partial charge on any atom is -0.476 e. The van der Waals surface area contributed by atoms with Crippen molar-refractivity contribution in [3.8, 4) is 0 Å². The average molecular weight is 499 g/mol. The number of carboxylic acids is 1. The summed E-state index contributed by atoms with van der Waals surface area (Å²) in [6, 6.07) is 4.69. The molecule has 4 rings (SSSR count). The number of hydrogen-bond acceptors (Lipinski definition) is 7. The normalized spacial score (nSPS) is 16.8. The lowest BCUT2D eigenvalue weighted by Gasteiger charge is -2.27. The van der Waals surface area contributed by atoms with Crippen molar-refractivity contribution in [2.75, 3.05) is 11.4 Å². The molecular weight excluding hydrogens is 467 g/mol. The van der Waals surface area contributed by atoms with E-state index in [4.69, 9.17) is 4.74 Å². The predicted octanol–water partition coefficient (Wildman–Crippen LogP) is 4.15. The van der Waals surface area contributed by atoms with Gasteiger partial charge in [-0.2, -0.15) is 0 Å². The second-order valence-electron chi connectivity index (χ2n) is 10.0. The zero-order chi connectivity index (χ0) is 26.0. The molecule has 0 spiro atoms. The van der Waals surface area contributed by atoms with E-state index in [0.717, 1.165) is 24.1 Å². The zero-order valence-electron chi connectivity index (χ0n) is 20.9. The average Bonchev–Trinajstić information content (AvgIpc) is 3.43. The highest BCUT2D eigenvalue weighted by molar-refractivity contribution is 5.86. The van der Waals surface area contributed by atoms with Crippen LogP contribution in [0.3, 0.4) is 0 Å². The number of carboxylic acid groups (broad SMARTS) is 1. The van der Waals surface area contributed by atoms with Crippen LogP contribution in [0.25, 0.3) is 5.65 Å². The van der Waals surface area contributed by atoms with Crippen LogP contribution in [0.15, 0.2) is 30.6 Å². The number of pyridine rings is 1. The van der Waals surface area contributed by atoms with Crippen molar-refractivity contribution < 1.29 is 23.8 Å². The molecule has 1 fully saturated rings. The summed E-state index contributed by atoms with van der Waals surface area (Å²) in [6.45, 7) is 8.00. The molecule has 10 nitrogen and oxygen atoms in total. The standard InChI is InChI=1S/C25H31FN6O4/c1-15(29-24(35)36-25(2,3)4)7-8-18-17(12-16(26)13-27-18)19-6-5-11-31(19)22-10-9-21-28-14-20(23(33)34)32(21)30-22/h9-10,12-15,19H,5-8,11H2,1-4H3,(H,29,35)(H,33,34)/t15-,19?/m1/s1. The summed E-state index contributed by atoms with van der Waals surface area (Å²) in [7, 11) is 0. The van der Waals surface area contributed by atoms with Crippen molar-refractivity contribution in [3.05, 3.63) is 53.4 Å². The van der Waals surface area contributed by atoms with E-state index in [1.807, 2.05) is 11.8 Å². The maximum atomic E-state index is 14.3. The number of aromatic nitrogens is 4. The maximum absolute atomic E-state index is 14.3. The number of nitrogens with one attached hydrogen (secondary N) is 1. The van der Waals surface area contributed by atoms with Crippen molar-refractivity contribution in [2.45, 2.75) is 71.1 Å². The molecule has 0 radical (unpaired) electrons. The maximum Gasteiger partial charge on any atom is 0.407 e. The first-order valence-corrected chi connectivity index (χ1v) is 12.0. The number of anilines is 1. The molecule has 1 amide bonds. The first kappa shape index (κ1) is 25.3. The number of amides is 1. The van der Waals surface area contributed by atoms with Crippen LogP contribution < -0.4 is 10.2 Å². The number of halogens is 1. The van der Waals surface area contributed by atoms with E-state index < -0.39 is 23.5 Å². The minimum atomic E-state index is -1.11. The summed E-state index contributed by atoms with van der Waals surface area (Å²) in [5.74, 6) is -0.955. The molecule has 1 aliphatic heterocycles. The van der Waals surface area contributed by atoms with Crippen LogP contribution >= 0.6 is 0 Å². The number of ether oxygens (including phenoxy) is 1. The number of carbonyl (C=O) groups is 2. The first-order valence-electron chi connectivity index (χ1n) is 12.0. The van der Waals surface area contributed by atoms with Gasteiger partial charge < -0.3 is 20.1 Å². The van der Waals surface area contributed by atoms with Gasteiger partial charge in [0.15, 0.2) is 11.3 Å². The number of imidazole rings is 1. The van der Waals surface area contributed by atoms with Crippen molar-refractivity contribution in [1.29, 1.82) is 0 Å². The van der Waals surface area contributed by atoms with Gasteiger partial charge in [0.25, 0.3) is 0 Å². The Morgan fingerprint density at radius 2 is 2.06 bits per heavy atom. The summed E-state index contributed by atoms with van der Waals surface area (Å²) in [5, 5.41) is 16.8. The van der Waals surface area contributed by atoms with E-state index >= 15 is 0 Å². The number of rotatable bonds is 7. The van der Waals surface area contributed by atoms with Crippen molar-refractivity contribution in [3.63, 3.8) is 0 Å². The second-order valence-corrected chi connectivity index (χ2v) is 10.0. The van der Waals surface area contributed by atoms with E-state index in [2.05, 4.69) is 20.4 Å². The van der Waals surface area contributed by atoms with Gasteiger partial charge in [0.05, 0.1) is 18.4 Å². The lowest BCUT2D eigenvalue weighted by atomic mass is 9.98. The van der Waals surface area contributed by atoms with Crippen LogP contribution in [-0.2, 0) is 11.2 Å². The van der Waals surface area contributed by atoms with Gasteiger partial charge in [0.1, 0.15) is 17.2 Å². The Bertz CT molecular complexity index is 1270. The smallest absolute Gasteiger partial charge is 0.407 e. The minimum absolute atomic E-state index is 0.0258. The van der Waals surface area contributed by atoms with Gasteiger partial charge in [0.2, 0.25) is 0 Å². The summed E-state index contributed by atoms with van der Waals surface area (Å²) < 4.78 is 20.9. The van der Waals surface area contributed by atoms with Crippen molar-refractivity contribution in [1.82, 2.24) is 24.9 Å². The fourth-order valence-corrected chi connectivity index (χ4v) is 4.44. The number of aryl methyl sites for hydroxylation is 1. The Labute approximate surface area is 208 Å². The molecule has 1 unspecified atom stereocenters. The van der Waals surface area contributed by atoms with Gasteiger partial charge in [-0.1, -0.05) is 0 Å². The molecule has 0 aromatic carbocycles. The molecule has 2 atom stereocenters. The van der Waals surface area contributed by atoms with Crippen molar-refractivity contribution in [2.24, 2.45) is 0 Å². The lowest BCUT2D eigenvalue weighted by molar-refractivity contribution is 0.0505. The molecule has 1 aliphatic rings. The van der Waals surface area contributed by atoms with E-state index in [0.29, 0.717) is 30.9 Å². The van der Waals surface area contributed by atoms with Crippen LogP contribution in [-0.4, -0.2) is 54.9 Å². The third-order valence-corrected chi connectivity index (χ3v) is 6.02. The number of hydrogen-bond donors (Lipinski definition) is 2. The molecule has 1 saturated heterocycles. The molecule has 3 aromatic heterocycles. The quantitative estimate of drug-likeness (QED) is 0.498. The summed E-state index contributed by atoms with van der Waals surface area (Å²) in [5.41, 5.74) is 1.35. The highest BCUT2D eigenvalue weighted by atomic mass is 19.1. The van der Waals surface area contributed by atoms with Crippen LogP contribution in [0, 0.1) is 5.82 Å². The summed E-state index contributed by atoms with van der Waals surface area (Å²) >= 11 is 0. The largest absolute Gasteiger partial charge is 0.476 e. The summed E-state index contributed by atoms with van der Waals surface area (Å²) in [4.78, 5) is 34.1.